The Bertz CT molecular complexity index is 182. The maximum absolute atomic E-state index is 3.65. The van der Waals surface area contributed by atoms with Gasteiger partial charge in [-0.15, -0.1) is 0 Å². The molecule has 1 aliphatic rings. The first-order valence-corrected chi connectivity index (χ1v) is 7.69. The molecule has 0 spiro atoms. The molecule has 102 valence electrons. The predicted molar refractivity (Wildman–Crippen MR) is 76.4 cm³/mol. The van der Waals surface area contributed by atoms with Crippen LogP contribution in [0.1, 0.15) is 58.8 Å². The topological polar surface area (TPSA) is 15.3 Å². The molecule has 0 aromatic carbocycles. The van der Waals surface area contributed by atoms with Crippen molar-refractivity contribution in [3.8, 4) is 0 Å². The van der Waals surface area contributed by atoms with Crippen LogP contribution in [0.3, 0.4) is 0 Å². The maximum atomic E-state index is 3.65. The van der Waals surface area contributed by atoms with Crippen molar-refractivity contribution >= 4 is 0 Å². The minimum absolute atomic E-state index is 0.809. The van der Waals surface area contributed by atoms with Gasteiger partial charge in [-0.3, -0.25) is 0 Å². The van der Waals surface area contributed by atoms with E-state index in [1.165, 1.54) is 58.0 Å². The van der Waals surface area contributed by atoms with E-state index in [9.17, 15) is 0 Å². The van der Waals surface area contributed by atoms with Crippen LogP contribution < -0.4 is 5.32 Å². The molecule has 0 heterocycles. The maximum Gasteiger partial charge on any atom is 0.00956 e. The van der Waals surface area contributed by atoms with Crippen LogP contribution in [0.5, 0.6) is 0 Å². The van der Waals surface area contributed by atoms with E-state index in [4.69, 9.17) is 0 Å². The summed E-state index contributed by atoms with van der Waals surface area (Å²) in [7, 11) is 2.28. The number of nitrogens with zero attached hydrogens (tertiary/aromatic N) is 1. The summed E-state index contributed by atoms with van der Waals surface area (Å²) in [6.45, 7) is 8.21. The number of rotatable bonds is 9. The van der Waals surface area contributed by atoms with Gasteiger partial charge in [0, 0.05) is 6.04 Å². The first-order chi connectivity index (χ1) is 8.27. The van der Waals surface area contributed by atoms with Gasteiger partial charge in [-0.1, -0.05) is 33.1 Å². The third-order valence-electron chi connectivity index (χ3n) is 4.15. The first kappa shape index (κ1) is 15.0. The Morgan fingerprint density at radius 1 is 1.12 bits per heavy atom. The van der Waals surface area contributed by atoms with E-state index >= 15 is 0 Å². The van der Waals surface area contributed by atoms with E-state index in [0.29, 0.717) is 0 Å². The highest BCUT2D eigenvalue weighted by molar-refractivity contribution is 4.83. The van der Waals surface area contributed by atoms with E-state index in [1.54, 1.807) is 0 Å². The van der Waals surface area contributed by atoms with Gasteiger partial charge in [0.05, 0.1) is 0 Å². The lowest BCUT2D eigenvalue weighted by atomic mass is 9.99. The first-order valence-electron chi connectivity index (χ1n) is 7.69. The highest BCUT2D eigenvalue weighted by Crippen LogP contribution is 2.28. The summed E-state index contributed by atoms with van der Waals surface area (Å²) in [5.41, 5.74) is 0. The van der Waals surface area contributed by atoms with Gasteiger partial charge in [-0.05, 0) is 58.3 Å². The summed E-state index contributed by atoms with van der Waals surface area (Å²) in [5.74, 6) is 0.934. The van der Waals surface area contributed by atoms with Crippen molar-refractivity contribution in [2.24, 2.45) is 5.92 Å². The van der Waals surface area contributed by atoms with Crippen molar-refractivity contribution in [1.29, 1.82) is 0 Å². The summed E-state index contributed by atoms with van der Waals surface area (Å²) in [6, 6.07) is 0.809. The smallest absolute Gasteiger partial charge is 0.00956 e. The molecule has 0 bridgehead atoms. The van der Waals surface area contributed by atoms with Crippen LogP contribution in [0.4, 0.5) is 0 Å². The molecule has 2 nitrogen and oxygen atoms in total. The fourth-order valence-corrected chi connectivity index (χ4v) is 3.04. The molecular formula is C15H32N2. The minimum Gasteiger partial charge on any atom is -0.314 e. The van der Waals surface area contributed by atoms with Gasteiger partial charge in [-0.2, -0.15) is 0 Å². The van der Waals surface area contributed by atoms with E-state index in [1.807, 2.05) is 0 Å². The Balaban J connectivity index is 2.11. The normalized spacial score (nSPS) is 24.7. The molecule has 1 rings (SSSR count). The standard InChI is InChI=1S/C15H32N2/c1-4-6-7-12-17(3)13-11-14-9-8-10-15(14)16-5-2/h14-16H,4-13H2,1-3H3. The summed E-state index contributed by atoms with van der Waals surface area (Å²) in [6.07, 6.45) is 9.75. The third kappa shape index (κ3) is 5.87. The van der Waals surface area contributed by atoms with Crippen LogP contribution in [-0.4, -0.2) is 37.6 Å². The summed E-state index contributed by atoms with van der Waals surface area (Å²) in [4.78, 5) is 2.52. The third-order valence-corrected chi connectivity index (χ3v) is 4.15. The van der Waals surface area contributed by atoms with Crippen LogP contribution in [0, 0.1) is 5.92 Å². The second kappa shape index (κ2) is 8.93. The Morgan fingerprint density at radius 2 is 1.94 bits per heavy atom. The summed E-state index contributed by atoms with van der Waals surface area (Å²) in [5, 5.41) is 3.65. The zero-order chi connectivity index (χ0) is 12.5. The van der Waals surface area contributed by atoms with Gasteiger partial charge in [0.25, 0.3) is 0 Å². The summed E-state index contributed by atoms with van der Waals surface area (Å²) < 4.78 is 0. The minimum atomic E-state index is 0.809. The lowest BCUT2D eigenvalue weighted by molar-refractivity contribution is 0.277. The van der Waals surface area contributed by atoms with Gasteiger partial charge in [0.15, 0.2) is 0 Å². The van der Waals surface area contributed by atoms with Crippen molar-refractivity contribution in [3.05, 3.63) is 0 Å². The average molecular weight is 240 g/mol. The molecule has 0 aromatic heterocycles. The molecule has 0 saturated heterocycles. The lowest BCUT2D eigenvalue weighted by Crippen LogP contribution is -2.34. The molecule has 1 N–H and O–H groups in total. The Morgan fingerprint density at radius 3 is 2.65 bits per heavy atom. The van der Waals surface area contributed by atoms with Crippen molar-refractivity contribution in [2.75, 3.05) is 26.7 Å². The molecule has 0 aliphatic heterocycles. The van der Waals surface area contributed by atoms with Crippen LogP contribution in [0.25, 0.3) is 0 Å². The molecule has 0 aromatic rings. The number of hydrogen-bond acceptors (Lipinski definition) is 2. The van der Waals surface area contributed by atoms with Crippen LogP contribution in [0.15, 0.2) is 0 Å². The summed E-state index contributed by atoms with van der Waals surface area (Å²) >= 11 is 0. The molecule has 2 heteroatoms. The van der Waals surface area contributed by atoms with Crippen LogP contribution in [0.2, 0.25) is 0 Å². The molecule has 1 aliphatic carbocycles. The molecule has 17 heavy (non-hydrogen) atoms. The van der Waals surface area contributed by atoms with Crippen molar-refractivity contribution < 1.29 is 0 Å². The van der Waals surface area contributed by atoms with Crippen molar-refractivity contribution in [1.82, 2.24) is 10.2 Å². The molecule has 2 unspecified atom stereocenters. The second-order valence-electron chi connectivity index (χ2n) is 5.65. The highest BCUT2D eigenvalue weighted by Gasteiger charge is 2.25. The zero-order valence-electron chi connectivity index (χ0n) is 12.2. The fraction of sp³-hybridized carbons (Fsp3) is 1.00. The monoisotopic (exact) mass is 240 g/mol. The molecular weight excluding hydrogens is 208 g/mol. The highest BCUT2D eigenvalue weighted by atomic mass is 15.1. The number of hydrogen-bond donors (Lipinski definition) is 1. The molecule has 2 atom stereocenters. The average Bonchev–Trinajstić information content (AvgIpc) is 2.75. The molecule has 0 amide bonds. The van der Waals surface area contributed by atoms with Gasteiger partial charge in [-0.25, -0.2) is 0 Å². The van der Waals surface area contributed by atoms with Gasteiger partial charge >= 0.3 is 0 Å². The molecule has 1 saturated carbocycles. The largest absolute Gasteiger partial charge is 0.314 e. The zero-order valence-corrected chi connectivity index (χ0v) is 12.2. The van der Waals surface area contributed by atoms with E-state index in [-0.39, 0.29) is 0 Å². The Labute approximate surface area is 108 Å². The second-order valence-corrected chi connectivity index (χ2v) is 5.65. The van der Waals surface area contributed by atoms with E-state index < -0.39 is 0 Å². The number of nitrogens with one attached hydrogen (secondary N) is 1. The van der Waals surface area contributed by atoms with Gasteiger partial charge in [0.1, 0.15) is 0 Å². The fourth-order valence-electron chi connectivity index (χ4n) is 3.04. The van der Waals surface area contributed by atoms with E-state index in [2.05, 4.69) is 31.1 Å². The Kier molecular flexibility index (Phi) is 7.87. The lowest BCUT2D eigenvalue weighted by Gasteiger charge is -2.23. The van der Waals surface area contributed by atoms with E-state index in [0.717, 1.165) is 18.5 Å². The van der Waals surface area contributed by atoms with Crippen molar-refractivity contribution in [2.45, 2.75) is 64.8 Å². The Hall–Kier alpha value is -0.0800. The predicted octanol–water partition coefficient (Wildman–Crippen LogP) is 3.28. The number of unbranched alkanes of at least 4 members (excludes halogenated alkanes) is 2. The quantitative estimate of drug-likeness (QED) is 0.622. The SMILES string of the molecule is CCCCCN(C)CCC1CCCC1NCC. The molecule has 1 fully saturated rings. The van der Waals surface area contributed by atoms with Crippen LogP contribution >= 0.6 is 0 Å². The van der Waals surface area contributed by atoms with Gasteiger partial charge in [0.2, 0.25) is 0 Å². The molecule has 0 radical (unpaired) electrons. The van der Waals surface area contributed by atoms with Crippen molar-refractivity contribution in [3.63, 3.8) is 0 Å². The van der Waals surface area contributed by atoms with Gasteiger partial charge < -0.3 is 10.2 Å². The van der Waals surface area contributed by atoms with Crippen LogP contribution in [-0.2, 0) is 0 Å².